The maximum atomic E-state index is 10.7. The Hall–Kier alpha value is -1.56. The molecule has 4 N–H and O–H groups in total. The first-order chi connectivity index (χ1) is 6.02. The summed E-state index contributed by atoms with van der Waals surface area (Å²) in [6.07, 6.45) is 0. The van der Waals surface area contributed by atoms with E-state index in [2.05, 4.69) is 0 Å². The molecular formula is C7H8N2O3S. The van der Waals surface area contributed by atoms with E-state index in [-0.39, 0.29) is 16.1 Å². The summed E-state index contributed by atoms with van der Waals surface area (Å²) in [7, 11) is -2.71. The van der Waals surface area contributed by atoms with E-state index in [1.807, 2.05) is 0 Å². The third kappa shape index (κ3) is 1.97. The Morgan fingerprint density at radius 2 is 1.92 bits per heavy atom. The molecule has 0 aliphatic rings. The molecule has 1 rings (SSSR count). The first kappa shape index (κ1) is 9.53. The highest BCUT2D eigenvalue weighted by molar-refractivity contribution is 7.72. The average molecular weight is 200 g/mol. The highest BCUT2D eigenvalue weighted by Crippen LogP contribution is 2.14. The molecule has 0 aromatic heterocycles. The lowest BCUT2D eigenvalue weighted by atomic mass is 10.2. The van der Waals surface area contributed by atoms with Crippen LogP contribution in [0.25, 0.3) is 0 Å². The van der Waals surface area contributed by atoms with Crippen LogP contribution in [0.3, 0.4) is 0 Å². The number of amides is 1. The van der Waals surface area contributed by atoms with Crippen molar-refractivity contribution < 1.29 is 13.2 Å². The maximum Gasteiger partial charge on any atom is 0.250 e. The van der Waals surface area contributed by atoms with Gasteiger partial charge in [-0.3, -0.25) is 4.79 Å². The van der Waals surface area contributed by atoms with E-state index in [4.69, 9.17) is 11.5 Å². The Kier molecular flexibility index (Phi) is 2.52. The molecule has 0 heterocycles. The second-order valence-electron chi connectivity index (χ2n) is 2.39. The number of nitrogen functional groups attached to an aromatic ring is 1. The van der Waals surface area contributed by atoms with Crippen molar-refractivity contribution in [2.45, 2.75) is 4.90 Å². The summed E-state index contributed by atoms with van der Waals surface area (Å²) in [5.41, 5.74) is 10.6. The van der Waals surface area contributed by atoms with Crippen molar-refractivity contribution >= 4 is 22.3 Å². The van der Waals surface area contributed by atoms with Crippen LogP contribution in [0.4, 0.5) is 5.69 Å². The fourth-order valence-corrected chi connectivity index (χ4v) is 1.30. The van der Waals surface area contributed by atoms with Crippen LogP contribution in [-0.2, 0) is 10.7 Å². The topological polar surface area (TPSA) is 103 Å². The summed E-state index contributed by atoms with van der Waals surface area (Å²) in [6, 6.07) is 3.80. The Balaban J connectivity index is 3.35. The van der Waals surface area contributed by atoms with E-state index < -0.39 is 16.6 Å². The summed E-state index contributed by atoms with van der Waals surface area (Å²) in [5.74, 6) is -0.740. The normalized spacial score (nSPS) is 10.2. The summed E-state index contributed by atoms with van der Waals surface area (Å²) in [5, 5.41) is 0. The minimum absolute atomic E-state index is 0.0247. The quantitative estimate of drug-likeness (QED) is 0.435. The van der Waals surface area contributed by atoms with Crippen LogP contribution >= 0.6 is 0 Å². The van der Waals surface area contributed by atoms with Gasteiger partial charge >= 0.3 is 0 Å². The first-order valence-corrected chi connectivity index (χ1v) is 4.54. The van der Waals surface area contributed by atoms with Crippen LogP contribution in [0.1, 0.15) is 10.4 Å². The minimum Gasteiger partial charge on any atom is -0.398 e. The van der Waals surface area contributed by atoms with Crippen molar-refractivity contribution in [1.29, 1.82) is 0 Å². The van der Waals surface area contributed by atoms with Gasteiger partial charge in [-0.25, -0.2) is 8.42 Å². The molecule has 13 heavy (non-hydrogen) atoms. The van der Waals surface area contributed by atoms with Gasteiger partial charge in [0.05, 0.1) is 10.5 Å². The summed E-state index contributed by atoms with van der Waals surface area (Å²) < 4.78 is 21.1. The molecule has 1 aromatic rings. The van der Waals surface area contributed by atoms with Crippen molar-refractivity contribution in [1.82, 2.24) is 0 Å². The standard InChI is InChI=1S/C7H8N2O3S/c8-6-2-1-4(13(11)12)3-5(6)7(9)10/h1-3,13H,8H2,(H2,9,10). The molecule has 0 aliphatic carbocycles. The van der Waals surface area contributed by atoms with Crippen molar-refractivity contribution in [2.75, 3.05) is 5.73 Å². The summed E-state index contributed by atoms with van der Waals surface area (Å²) in [4.78, 5) is 10.8. The Morgan fingerprint density at radius 1 is 1.31 bits per heavy atom. The van der Waals surface area contributed by atoms with Gasteiger partial charge in [0.2, 0.25) is 0 Å². The fraction of sp³-hybridized carbons (Fsp3) is 0. The molecule has 0 atom stereocenters. The lowest BCUT2D eigenvalue weighted by Gasteiger charge is -2.00. The second-order valence-corrected chi connectivity index (χ2v) is 3.42. The lowest BCUT2D eigenvalue weighted by molar-refractivity contribution is 0.100. The Labute approximate surface area is 76.3 Å². The number of carbonyl (C=O) groups is 1. The third-order valence-corrected chi connectivity index (χ3v) is 2.21. The molecule has 0 saturated heterocycles. The van der Waals surface area contributed by atoms with Crippen LogP contribution in [0.15, 0.2) is 23.1 Å². The number of nitrogens with two attached hydrogens (primary N) is 2. The lowest BCUT2D eigenvalue weighted by Crippen LogP contribution is -2.13. The number of rotatable bonds is 2. The molecule has 0 spiro atoms. The number of anilines is 1. The van der Waals surface area contributed by atoms with Gasteiger partial charge < -0.3 is 11.5 Å². The highest BCUT2D eigenvalue weighted by atomic mass is 32.2. The largest absolute Gasteiger partial charge is 0.398 e. The number of benzene rings is 1. The highest BCUT2D eigenvalue weighted by Gasteiger charge is 2.07. The van der Waals surface area contributed by atoms with Crippen LogP contribution in [0.2, 0.25) is 0 Å². The van der Waals surface area contributed by atoms with Crippen molar-refractivity contribution in [3.8, 4) is 0 Å². The molecule has 70 valence electrons. The van der Waals surface area contributed by atoms with Gasteiger partial charge in [-0.15, -0.1) is 0 Å². The zero-order valence-corrected chi connectivity index (χ0v) is 7.45. The number of hydrogen-bond acceptors (Lipinski definition) is 4. The van der Waals surface area contributed by atoms with E-state index in [1.54, 1.807) is 0 Å². The average Bonchev–Trinajstić information content (AvgIpc) is 2.04. The van der Waals surface area contributed by atoms with Gasteiger partial charge in [0.15, 0.2) is 10.7 Å². The number of thiol groups is 1. The van der Waals surface area contributed by atoms with Crippen LogP contribution in [-0.4, -0.2) is 14.3 Å². The van der Waals surface area contributed by atoms with Crippen molar-refractivity contribution in [3.05, 3.63) is 23.8 Å². The minimum atomic E-state index is -2.71. The predicted molar refractivity (Wildman–Crippen MR) is 48.0 cm³/mol. The van der Waals surface area contributed by atoms with E-state index in [9.17, 15) is 13.2 Å². The molecule has 6 heteroatoms. The van der Waals surface area contributed by atoms with E-state index in [1.165, 1.54) is 12.1 Å². The number of primary amides is 1. The maximum absolute atomic E-state index is 10.7. The Morgan fingerprint density at radius 3 is 2.38 bits per heavy atom. The van der Waals surface area contributed by atoms with Crippen molar-refractivity contribution in [2.24, 2.45) is 5.73 Å². The third-order valence-electron chi connectivity index (χ3n) is 1.51. The smallest absolute Gasteiger partial charge is 0.250 e. The Bertz CT molecular complexity index is 418. The second kappa shape index (κ2) is 3.44. The van der Waals surface area contributed by atoms with E-state index in [0.717, 1.165) is 6.07 Å². The molecule has 1 aromatic carbocycles. The zero-order valence-electron chi connectivity index (χ0n) is 6.56. The number of carbonyl (C=O) groups excluding carboxylic acids is 1. The van der Waals surface area contributed by atoms with Crippen LogP contribution in [0.5, 0.6) is 0 Å². The fourth-order valence-electron chi connectivity index (χ4n) is 0.871. The monoisotopic (exact) mass is 200 g/mol. The first-order valence-electron chi connectivity index (χ1n) is 3.36. The van der Waals surface area contributed by atoms with Crippen molar-refractivity contribution in [3.63, 3.8) is 0 Å². The van der Waals surface area contributed by atoms with Crippen LogP contribution < -0.4 is 11.5 Å². The van der Waals surface area contributed by atoms with E-state index >= 15 is 0 Å². The van der Waals surface area contributed by atoms with Gasteiger partial charge in [0, 0.05) is 5.69 Å². The van der Waals surface area contributed by atoms with Gasteiger partial charge in [-0.2, -0.15) is 0 Å². The molecule has 0 saturated carbocycles. The predicted octanol–water partition coefficient (Wildman–Crippen LogP) is -0.662. The van der Waals surface area contributed by atoms with Gasteiger partial charge in [-0.05, 0) is 18.2 Å². The summed E-state index contributed by atoms with van der Waals surface area (Å²) in [6.45, 7) is 0. The molecule has 5 nitrogen and oxygen atoms in total. The SMILES string of the molecule is NC(=O)c1cc([SH](=O)=O)ccc1N. The number of hydrogen-bond donors (Lipinski definition) is 3. The van der Waals surface area contributed by atoms with Gasteiger partial charge in [-0.1, -0.05) is 0 Å². The van der Waals surface area contributed by atoms with Gasteiger partial charge in [0.25, 0.3) is 5.91 Å². The van der Waals surface area contributed by atoms with E-state index in [0.29, 0.717) is 0 Å². The molecule has 0 fully saturated rings. The molecule has 0 aliphatic heterocycles. The summed E-state index contributed by atoms with van der Waals surface area (Å²) >= 11 is 0. The molecule has 0 bridgehead atoms. The molecule has 0 radical (unpaired) electrons. The molecule has 0 unspecified atom stereocenters. The van der Waals surface area contributed by atoms with Crippen LogP contribution in [0, 0.1) is 0 Å². The molecule has 1 amide bonds. The van der Waals surface area contributed by atoms with Gasteiger partial charge in [0.1, 0.15) is 0 Å². The molecular weight excluding hydrogens is 192 g/mol. The zero-order chi connectivity index (χ0) is 10.0.